The molecule has 0 saturated heterocycles. The van der Waals surface area contributed by atoms with E-state index in [0.29, 0.717) is 0 Å². The number of hydrogen-bond acceptors (Lipinski definition) is 0. The van der Waals surface area contributed by atoms with Gasteiger partial charge in [-0.05, 0) is 12.0 Å². The Balaban J connectivity index is 0.000000690. The molecule has 122 valence electrons. The molecule has 0 nitrogen and oxygen atoms in total. The van der Waals surface area contributed by atoms with E-state index in [9.17, 15) is 17.3 Å². The molecular weight excluding hydrogens is 299 g/mol. The Hall–Kier alpha value is -0.645. The number of rotatable bonds is 1. The van der Waals surface area contributed by atoms with Crippen LogP contribution >= 0.6 is 11.3 Å². The van der Waals surface area contributed by atoms with Gasteiger partial charge in [-0.25, -0.2) is 0 Å². The second-order valence-electron chi connectivity index (χ2n) is 7.04. The van der Waals surface area contributed by atoms with Crippen molar-refractivity contribution in [2.75, 3.05) is 0 Å². The second-order valence-corrected chi connectivity index (χ2v) is 8.13. The zero-order valence-electron chi connectivity index (χ0n) is 13.9. The third kappa shape index (κ3) is 9.07. The van der Waals surface area contributed by atoms with Gasteiger partial charge < -0.3 is 17.3 Å². The van der Waals surface area contributed by atoms with Crippen molar-refractivity contribution in [3.63, 3.8) is 0 Å². The topological polar surface area (TPSA) is 0 Å². The average Bonchev–Trinajstić information content (AvgIpc) is 2.23. The first-order valence-corrected chi connectivity index (χ1v) is 7.81. The molecule has 1 aromatic heterocycles. The lowest BCUT2D eigenvalue weighted by molar-refractivity contribution is 0.368. The molecule has 21 heavy (non-hydrogen) atoms. The summed E-state index contributed by atoms with van der Waals surface area (Å²) in [6, 6.07) is 4.75. The predicted octanol–water partition coefficient (Wildman–Crippen LogP) is 6.49. The molecule has 0 fully saturated rings. The molecule has 0 radical (unpaired) electrons. The van der Waals surface area contributed by atoms with E-state index >= 15 is 0 Å². The van der Waals surface area contributed by atoms with Crippen LogP contribution in [0.2, 0.25) is 0 Å². The fourth-order valence-electron chi connectivity index (χ4n) is 1.50. The van der Waals surface area contributed by atoms with Crippen LogP contribution in [0.15, 0.2) is 12.1 Å². The molecule has 0 N–H and O–H groups in total. The Bertz CT molecular complexity index is 418. The van der Waals surface area contributed by atoms with Gasteiger partial charge in [0.1, 0.15) is 0 Å². The number of halogens is 4. The summed E-state index contributed by atoms with van der Waals surface area (Å²) < 4.78 is 39.0. The van der Waals surface area contributed by atoms with Crippen LogP contribution in [0.4, 0.5) is 17.3 Å². The maximum absolute atomic E-state index is 9.75. The van der Waals surface area contributed by atoms with Crippen molar-refractivity contribution in [1.29, 1.82) is 0 Å². The zero-order valence-corrected chi connectivity index (χ0v) is 14.7. The fourth-order valence-corrected chi connectivity index (χ4v) is 2.77. The van der Waals surface area contributed by atoms with E-state index in [0.717, 1.165) is 6.42 Å². The molecule has 1 rings (SSSR count). The van der Waals surface area contributed by atoms with Crippen molar-refractivity contribution in [2.24, 2.45) is 0 Å². The van der Waals surface area contributed by atoms with Crippen molar-refractivity contribution in [1.82, 2.24) is 0 Å². The largest absolute Gasteiger partial charge is 0.673 e. The molecule has 0 spiro atoms. The molecule has 0 aromatic carbocycles. The summed E-state index contributed by atoms with van der Waals surface area (Å²) in [5.74, 6) is 0. The molecule has 1 aromatic rings. The average molecular weight is 324 g/mol. The highest BCUT2D eigenvalue weighted by Crippen LogP contribution is 2.35. The minimum atomic E-state index is -6.00. The van der Waals surface area contributed by atoms with E-state index < -0.39 is 7.25 Å². The third-order valence-corrected chi connectivity index (χ3v) is 4.64. The number of hydrogen-bond donors (Lipinski definition) is 0. The van der Waals surface area contributed by atoms with Crippen LogP contribution in [-0.2, 0) is 17.3 Å². The summed E-state index contributed by atoms with van der Waals surface area (Å²) in [4.78, 5) is 2.99. The Morgan fingerprint density at radius 3 is 1.33 bits per heavy atom. The van der Waals surface area contributed by atoms with E-state index in [-0.39, 0.29) is 10.8 Å². The highest BCUT2D eigenvalue weighted by atomic mass is 32.1. The highest BCUT2D eigenvalue weighted by molar-refractivity contribution is 7.12. The first kappa shape index (κ1) is 20.4. The lowest BCUT2D eigenvalue weighted by Crippen LogP contribution is -2.14. The van der Waals surface area contributed by atoms with Crippen LogP contribution in [0.1, 0.15) is 63.8 Å². The van der Waals surface area contributed by atoms with Gasteiger partial charge in [0.25, 0.3) is 0 Å². The van der Waals surface area contributed by atoms with Crippen LogP contribution in [0.5, 0.6) is 0 Å². The quantitative estimate of drug-likeness (QED) is 0.315. The van der Waals surface area contributed by atoms with Crippen LogP contribution in [0.25, 0.3) is 0 Å². The Morgan fingerprint density at radius 1 is 0.857 bits per heavy atom. The summed E-state index contributed by atoms with van der Waals surface area (Å²) in [6.07, 6.45) is 1.12. The molecule has 0 aliphatic rings. The lowest BCUT2D eigenvalue weighted by Gasteiger charge is -2.16. The molecule has 0 unspecified atom stereocenters. The monoisotopic (exact) mass is 324 g/mol. The minimum absolute atomic E-state index is 0.260. The fraction of sp³-hybridized carbons (Fsp3) is 0.667. The van der Waals surface area contributed by atoms with Crippen LogP contribution < -0.4 is 0 Å². The van der Waals surface area contributed by atoms with Gasteiger partial charge >= 0.3 is 7.25 Å². The van der Waals surface area contributed by atoms with Crippen LogP contribution in [-0.4, -0.2) is 7.25 Å². The molecule has 0 bridgehead atoms. The van der Waals surface area contributed by atoms with Gasteiger partial charge in [-0.2, -0.15) is 0 Å². The zero-order chi connectivity index (χ0) is 17.1. The Kier molecular flexibility index (Phi) is 6.86. The van der Waals surface area contributed by atoms with Gasteiger partial charge in [0.05, 0.1) is 0 Å². The maximum Gasteiger partial charge on any atom is 0.673 e. The maximum atomic E-state index is 9.75. The van der Waals surface area contributed by atoms with Gasteiger partial charge in [-0.3, -0.25) is 0 Å². The molecule has 0 aliphatic carbocycles. The Morgan fingerprint density at radius 2 is 1.14 bits per heavy atom. The van der Waals surface area contributed by atoms with Gasteiger partial charge in [-0.1, -0.05) is 48.5 Å². The van der Waals surface area contributed by atoms with Gasteiger partial charge in [0.15, 0.2) is 0 Å². The van der Waals surface area contributed by atoms with Gasteiger partial charge in [0, 0.05) is 23.0 Å². The number of aryl methyl sites for hydroxylation is 1. The van der Waals surface area contributed by atoms with Crippen molar-refractivity contribution in [3.8, 4) is 0 Å². The summed E-state index contributed by atoms with van der Waals surface area (Å²) in [7, 11) is -6.00. The van der Waals surface area contributed by atoms with E-state index in [4.69, 9.17) is 0 Å². The molecule has 0 atom stereocenters. The molecule has 6 heteroatoms. The third-order valence-electron chi connectivity index (χ3n) is 2.74. The second kappa shape index (κ2) is 7.08. The minimum Gasteiger partial charge on any atom is -0.418 e. The Labute approximate surface area is 129 Å². The van der Waals surface area contributed by atoms with Gasteiger partial charge in [-0.15, -0.1) is 0 Å². The smallest absolute Gasteiger partial charge is 0.418 e. The lowest BCUT2D eigenvalue weighted by atomic mass is 9.91. The van der Waals surface area contributed by atoms with E-state index in [2.05, 4.69) is 60.6 Å². The molecule has 0 amide bonds. The molecule has 1 heterocycles. The van der Waals surface area contributed by atoms with Gasteiger partial charge in [0.2, 0.25) is 21.1 Å². The summed E-state index contributed by atoms with van der Waals surface area (Å²) in [5, 5.41) is 0. The van der Waals surface area contributed by atoms with Crippen molar-refractivity contribution in [2.45, 2.75) is 65.7 Å². The first-order valence-electron chi connectivity index (χ1n) is 7.00. The van der Waals surface area contributed by atoms with Crippen molar-refractivity contribution >= 4 is 18.6 Å². The SMILES string of the molecule is CCc1cc(C(C)(C)C)[s+]c(C(C)(C)C)c1.F[B-](F)(F)F. The van der Waals surface area contributed by atoms with E-state index in [1.807, 2.05) is 11.3 Å². The normalized spacial score (nSPS) is 12.7. The summed E-state index contributed by atoms with van der Waals surface area (Å²) >= 11 is 1.97. The summed E-state index contributed by atoms with van der Waals surface area (Å²) in [6.45, 7) is 16.0. The molecule has 0 saturated carbocycles. The van der Waals surface area contributed by atoms with Crippen LogP contribution in [0, 0.1) is 0 Å². The van der Waals surface area contributed by atoms with Crippen molar-refractivity contribution < 1.29 is 17.3 Å². The predicted molar refractivity (Wildman–Crippen MR) is 85.7 cm³/mol. The first-order chi connectivity index (χ1) is 9.14. The van der Waals surface area contributed by atoms with Crippen molar-refractivity contribution in [3.05, 3.63) is 27.5 Å². The standard InChI is InChI=1S/C15H25S.BF4/c1-8-11-9-12(14(2,3)4)16-13(10-11)15(5,6)7;2-1(3,4)5/h9-10H,8H2,1-7H3;/q+1;-1. The molecule has 0 aliphatic heterocycles. The molecular formula is C15H25BF4S. The van der Waals surface area contributed by atoms with Crippen LogP contribution in [0.3, 0.4) is 0 Å². The van der Waals surface area contributed by atoms with E-state index in [1.54, 1.807) is 0 Å². The van der Waals surface area contributed by atoms with E-state index in [1.165, 1.54) is 15.3 Å². The highest BCUT2D eigenvalue weighted by Gasteiger charge is 2.31. The summed E-state index contributed by atoms with van der Waals surface area (Å²) in [5.41, 5.74) is 1.99.